The highest BCUT2D eigenvalue weighted by molar-refractivity contribution is 7.96. The van der Waals surface area contributed by atoms with Crippen LogP contribution in [0.1, 0.15) is 5.69 Å². The van der Waals surface area contributed by atoms with Crippen LogP contribution in [-0.4, -0.2) is 26.9 Å². The van der Waals surface area contributed by atoms with Gasteiger partial charge in [-0.25, -0.2) is 4.31 Å². The largest absolute Gasteiger partial charge is 0.267 e. The van der Waals surface area contributed by atoms with Gasteiger partial charge in [0, 0.05) is 12.7 Å². The van der Waals surface area contributed by atoms with Gasteiger partial charge in [-0.15, -0.1) is 0 Å². The Morgan fingerprint density at radius 1 is 1.55 bits per heavy atom. The molecule has 1 aromatic heterocycles. The Kier molecular flexibility index (Phi) is 1.87. The molecule has 0 atom stereocenters. The molecule has 4 heteroatoms. The first-order valence-corrected chi connectivity index (χ1v) is 4.88. The summed E-state index contributed by atoms with van der Waals surface area (Å²) in [6.07, 6.45) is 3.99. The molecular weight excluding hydrogens is 158 g/mol. The van der Waals surface area contributed by atoms with Crippen molar-refractivity contribution in [1.29, 1.82) is 0 Å². The minimum Gasteiger partial charge on any atom is -0.267 e. The molecule has 0 aliphatic carbocycles. The van der Waals surface area contributed by atoms with Crippen LogP contribution in [0.4, 0.5) is 0 Å². The van der Waals surface area contributed by atoms with Gasteiger partial charge in [-0.1, -0.05) is 11.9 Å². The fourth-order valence-electron chi connectivity index (χ4n) is 1.32. The van der Waals surface area contributed by atoms with Crippen LogP contribution in [0.3, 0.4) is 0 Å². The summed E-state index contributed by atoms with van der Waals surface area (Å²) in [4.78, 5) is 0. The summed E-state index contributed by atoms with van der Waals surface area (Å²) in [6, 6.07) is 2.09. The summed E-state index contributed by atoms with van der Waals surface area (Å²) in [5.74, 6) is 0. The van der Waals surface area contributed by atoms with Crippen molar-refractivity contribution in [1.82, 2.24) is 14.1 Å². The Morgan fingerprint density at radius 3 is 3.27 bits per heavy atom. The quantitative estimate of drug-likeness (QED) is 0.585. The van der Waals surface area contributed by atoms with Crippen LogP contribution < -0.4 is 0 Å². The molecular formula is C7H11N3S. The number of fused-ring (bicyclic) bond motifs is 1. The van der Waals surface area contributed by atoms with Gasteiger partial charge in [-0.3, -0.25) is 4.68 Å². The molecule has 0 saturated carbocycles. The normalized spacial score (nSPS) is 18.3. The maximum Gasteiger partial charge on any atom is 0.0549 e. The molecule has 0 radical (unpaired) electrons. The van der Waals surface area contributed by atoms with Crippen molar-refractivity contribution in [2.24, 2.45) is 0 Å². The highest BCUT2D eigenvalue weighted by Gasteiger charge is 2.14. The van der Waals surface area contributed by atoms with Crippen LogP contribution in [0.25, 0.3) is 0 Å². The topological polar surface area (TPSA) is 21.1 Å². The number of nitrogens with zero attached hydrogens (tertiary/aromatic N) is 3. The second-order valence-electron chi connectivity index (χ2n) is 2.59. The fraction of sp³-hybridized carbons (Fsp3) is 0.571. The third-order valence-corrected chi connectivity index (χ3v) is 2.79. The van der Waals surface area contributed by atoms with Crippen molar-refractivity contribution in [2.75, 3.05) is 12.8 Å². The van der Waals surface area contributed by atoms with Gasteiger partial charge in [-0.05, 0) is 12.3 Å². The summed E-state index contributed by atoms with van der Waals surface area (Å²) < 4.78 is 4.42. The Bertz CT molecular complexity index is 246. The smallest absolute Gasteiger partial charge is 0.0549 e. The third kappa shape index (κ3) is 1.28. The van der Waals surface area contributed by atoms with E-state index in [-0.39, 0.29) is 0 Å². The standard InChI is InChI=1S/C7H11N3S/c1-11-9-4-5-10-7(6-9)2-3-8-10/h2-3H,4-6H2,1H3. The summed E-state index contributed by atoms with van der Waals surface area (Å²) in [5, 5.41) is 4.21. The van der Waals surface area contributed by atoms with E-state index >= 15 is 0 Å². The van der Waals surface area contributed by atoms with Crippen molar-refractivity contribution in [3.05, 3.63) is 18.0 Å². The Morgan fingerprint density at radius 2 is 2.45 bits per heavy atom. The van der Waals surface area contributed by atoms with E-state index in [0.717, 1.165) is 19.6 Å². The first kappa shape index (κ1) is 7.18. The monoisotopic (exact) mass is 169 g/mol. The van der Waals surface area contributed by atoms with Gasteiger partial charge in [0.25, 0.3) is 0 Å². The van der Waals surface area contributed by atoms with Crippen LogP contribution >= 0.6 is 11.9 Å². The number of aromatic nitrogens is 2. The molecule has 0 aromatic carbocycles. The lowest BCUT2D eigenvalue weighted by Crippen LogP contribution is -2.28. The van der Waals surface area contributed by atoms with Gasteiger partial charge in [0.15, 0.2) is 0 Å². The zero-order valence-corrected chi connectivity index (χ0v) is 7.34. The predicted molar refractivity (Wildman–Crippen MR) is 46.2 cm³/mol. The van der Waals surface area contributed by atoms with Crippen molar-refractivity contribution < 1.29 is 0 Å². The van der Waals surface area contributed by atoms with Crippen molar-refractivity contribution in [3.63, 3.8) is 0 Å². The molecule has 2 heterocycles. The van der Waals surface area contributed by atoms with Crippen molar-refractivity contribution in [3.8, 4) is 0 Å². The molecule has 0 fully saturated rings. The molecule has 3 nitrogen and oxygen atoms in total. The molecule has 0 N–H and O–H groups in total. The molecule has 0 unspecified atom stereocenters. The van der Waals surface area contributed by atoms with Gasteiger partial charge < -0.3 is 0 Å². The minimum atomic E-state index is 1.03. The SMILES string of the molecule is CSN1CCn2nccc2C1. The Labute approximate surface area is 70.5 Å². The van der Waals surface area contributed by atoms with Crippen LogP contribution in [-0.2, 0) is 13.1 Å². The van der Waals surface area contributed by atoms with E-state index < -0.39 is 0 Å². The molecule has 11 heavy (non-hydrogen) atoms. The van der Waals surface area contributed by atoms with Crippen molar-refractivity contribution >= 4 is 11.9 Å². The zero-order valence-electron chi connectivity index (χ0n) is 6.53. The maximum absolute atomic E-state index is 4.21. The molecule has 1 aromatic rings. The molecule has 0 saturated heterocycles. The fourth-order valence-corrected chi connectivity index (χ4v) is 1.84. The Hall–Kier alpha value is -0.480. The van der Waals surface area contributed by atoms with Gasteiger partial charge >= 0.3 is 0 Å². The van der Waals surface area contributed by atoms with E-state index in [4.69, 9.17) is 0 Å². The molecule has 60 valence electrons. The lowest BCUT2D eigenvalue weighted by Gasteiger charge is -2.24. The third-order valence-electron chi connectivity index (χ3n) is 1.96. The number of hydrogen-bond donors (Lipinski definition) is 0. The first-order chi connectivity index (χ1) is 5.40. The molecule has 1 aliphatic rings. The minimum absolute atomic E-state index is 1.03. The summed E-state index contributed by atoms with van der Waals surface area (Å²) in [7, 11) is 0. The van der Waals surface area contributed by atoms with E-state index in [1.807, 2.05) is 6.20 Å². The molecule has 0 amide bonds. The van der Waals surface area contributed by atoms with Crippen molar-refractivity contribution in [2.45, 2.75) is 13.1 Å². The van der Waals surface area contributed by atoms with E-state index in [1.54, 1.807) is 11.9 Å². The van der Waals surface area contributed by atoms with Crippen LogP contribution in [0.5, 0.6) is 0 Å². The van der Waals surface area contributed by atoms with E-state index in [9.17, 15) is 0 Å². The van der Waals surface area contributed by atoms with Crippen LogP contribution in [0.2, 0.25) is 0 Å². The summed E-state index contributed by atoms with van der Waals surface area (Å²) >= 11 is 1.80. The molecule has 0 bridgehead atoms. The lowest BCUT2D eigenvalue weighted by atomic mass is 10.3. The van der Waals surface area contributed by atoms with Gasteiger partial charge in [0.05, 0.1) is 18.8 Å². The maximum atomic E-state index is 4.21. The zero-order chi connectivity index (χ0) is 7.68. The van der Waals surface area contributed by atoms with E-state index in [0.29, 0.717) is 0 Å². The van der Waals surface area contributed by atoms with Gasteiger partial charge in [0.2, 0.25) is 0 Å². The summed E-state index contributed by atoms with van der Waals surface area (Å²) in [5.41, 5.74) is 1.32. The molecule has 1 aliphatic heterocycles. The second kappa shape index (κ2) is 2.87. The first-order valence-electron chi connectivity index (χ1n) is 3.70. The average molecular weight is 169 g/mol. The average Bonchev–Trinajstić information content (AvgIpc) is 2.50. The summed E-state index contributed by atoms with van der Waals surface area (Å²) in [6.45, 7) is 3.17. The highest BCUT2D eigenvalue weighted by Crippen LogP contribution is 2.16. The highest BCUT2D eigenvalue weighted by atomic mass is 32.2. The predicted octanol–water partition coefficient (Wildman–Crippen LogP) is 0.977. The second-order valence-corrected chi connectivity index (χ2v) is 3.47. The molecule has 0 spiro atoms. The number of hydrogen-bond acceptors (Lipinski definition) is 3. The van der Waals surface area contributed by atoms with Crippen LogP contribution in [0.15, 0.2) is 12.3 Å². The van der Waals surface area contributed by atoms with E-state index in [2.05, 4.69) is 26.4 Å². The van der Waals surface area contributed by atoms with E-state index in [1.165, 1.54) is 5.69 Å². The Balaban J connectivity index is 2.18. The van der Waals surface area contributed by atoms with Crippen LogP contribution in [0, 0.1) is 0 Å². The number of rotatable bonds is 1. The lowest BCUT2D eigenvalue weighted by molar-refractivity contribution is 0.357. The van der Waals surface area contributed by atoms with Gasteiger partial charge in [0.1, 0.15) is 0 Å². The van der Waals surface area contributed by atoms with Gasteiger partial charge in [-0.2, -0.15) is 5.10 Å². The molecule has 2 rings (SSSR count).